The molecule has 3 heterocycles. The van der Waals surface area contributed by atoms with Crippen molar-refractivity contribution < 1.29 is 4.79 Å². The van der Waals surface area contributed by atoms with Crippen LogP contribution in [0.1, 0.15) is 15.7 Å². The van der Waals surface area contributed by atoms with Crippen LogP contribution < -0.4 is 5.32 Å². The molecule has 1 aliphatic rings. The predicted molar refractivity (Wildman–Crippen MR) is 93.4 cm³/mol. The SMILES string of the molecule is O=C(C1=CSC(c2cccnc2)N1)n1ccc2ccc(Cl)cc21. The molecular weight excluding hydrogens is 330 g/mol. The predicted octanol–water partition coefficient (Wildman–Crippen LogP) is 4.21. The molecular formula is C17H12ClN3OS. The number of pyridine rings is 1. The van der Waals surface area contributed by atoms with Gasteiger partial charge in [0.2, 0.25) is 0 Å². The number of fused-ring (bicyclic) bond motifs is 1. The summed E-state index contributed by atoms with van der Waals surface area (Å²) in [5, 5.41) is 6.72. The van der Waals surface area contributed by atoms with E-state index < -0.39 is 0 Å². The third kappa shape index (κ3) is 2.62. The number of carbonyl (C=O) groups excluding carboxylic acids is 1. The fourth-order valence-electron chi connectivity index (χ4n) is 2.56. The third-order valence-electron chi connectivity index (χ3n) is 3.70. The Hall–Kier alpha value is -2.24. The minimum Gasteiger partial charge on any atom is -0.364 e. The average Bonchev–Trinajstić information content (AvgIpc) is 3.22. The lowest BCUT2D eigenvalue weighted by atomic mass is 10.2. The van der Waals surface area contributed by atoms with Gasteiger partial charge in [-0.05, 0) is 24.3 Å². The maximum atomic E-state index is 12.8. The number of hydrogen-bond donors (Lipinski definition) is 1. The fourth-order valence-corrected chi connectivity index (χ4v) is 3.66. The number of nitrogens with one attached hydrogen (secondary N) is 1. The van der Waals surface area contributed by atoms with E-state index in [4.69, 9.17) is 11.6 Å². The highest BCUT2D eigenvalue weighted by molar-refractivity contribution is 8.02. The van der Waals surface area contributed by atoms with E-state index in [1.807, 2.05) is 35.7 Å². The van der Waals surface area contributed by atoms with Gasteiger partial charge in [-0.3, -0.25) is 14.3 Å². The van der Waals surface area contributed by atoms with Crippen molar-refractivity contribution in [3.8, 4) is 0 Å². The summed E-state index contributed by atoms with van der Waals surface area (Å²) >= 11 is 7.61. The Balaban J connectivity index is 1.61. The van der Waals surface area contributed by atoms with Gasteiger partial charge < -0.3 is 5.32 Å². The quantitative estimate of drug-likeness (QED) is 0.758. The zero-order valence-corrected chi connectivity index (χ0v) is 13.5. The summed E-state index contributed by atoms with van der Waals surface area (Å²) in [4.78, 5) is 16.9. The molecule has 0 saturated carbocycles. The summed E-state index contributed by atoms with van der Waals surface area (Å²) in [6.45, 7) is 0. The summed E-state index contributed by atoms with van der Waals surface area (Å²) in [6, 6.07) is 11.3. The Morgan fingerprint density at radius 3 is 3.04 bits per heavy atom. The molecule has 4 rings (SSSR count). The third-order valence-corrected chi connectivity index (χ3v) is 4.97. The molecule has 23 heavy (non-hydrogen) atoms. The van der Waals surface area contributed by atoms with Crippen LogP contribution >= 0.6 is 23.4 Å². The molecule has 4 nitrogen and oxygen atoms in total. The highest BCUT2D eigenvalue weighted by atomic mass is 35.5. The Morgan fingerprint density at radius 2 is 2.22 bits per heavy atom. The summed E-state index contributed by atoms with van der Waals surface area (Å²) < 4.78 is 1.62. The van der Waals surface area contributed by atoms with E-state index in [0.717, 1.165) is 16.5 Å². The Bertz CT molecular complexity index is 920. The highest BCUT2D eigenvalue weighted by Gasteiger charge is 2.24. The van der Waals surface area contributed by atoms with Crippen LogP contribution in [0.3, 0.4) is 0 Å². The van der Waals surface area contributed by atoms with Crippen LogP contribution in [-0.4, -0.2) is 15.5 Å². The van der Waals surface area contributed by atoms with Crippen molar-refractivity contribution in [1.82, 2.24) is 14.9 Å². The molecule has 0 fully saturated rings. The molecule has 114 valence electrons. The summed E-state index contributed by atoms with van der Waals surface area (Å²) in [7, 11) is 0. The first-order chi connectivity index (χ1) is 11.2. The number of thioether (sulfide) groups is 1. The van der Waals surface area contributed by atoms with E-state index in [1.54, 1.807) is 41.0 Å². The van der Waals surface area contributed by atoms with Gasteiger partial charge in [0, 0.05) is 40.0 Å². The van der Waals surface area contributed by atoms with Gasteiger partial charge in [0.1, 0.15) is 11.1 Å². The summed E-state index contributed by atoms with van der Waals surface area (Å²) in [5.41, 5.74) is 2.42. The van der Waals surface area contributed by atoms with Crippen molar-refractivity contribution in [3.63, 3.8) is 0 Å². The monoisotopic (exact) mass is 341 g/mol. The van der Waals surface area contributed by atoms with Gasteiger partial charge in [0.25, 0.3) is 5.91 Å². The summed E-state index contributed by atoms with van der Waals surface area (Å²) in [5.74, 6) is -0.0962. The number of aromatic nitrogens is 2. The zero-order valence-electron chi connectivity index (χ0n) is 11.9. The van der Waals surface area contributed by atoms with Crippen molar-refractivity contribution >= 4 is 40.2 Å². The molecule has 1 N–H and O–H groups in total. The minimum atomic E-state index is -0.0962. The molecule has 1 unspecified atom stereocenters. The first-order valence-electron chi connectivity index (χ1n) is 7.06. The van der Waals surface area contributed by atoms with E-state index in [1.165, 1.54) is 0 Å². The van der Waals surface area contributed by atoms with E-state index in [9.17, 15) is 4.79 Å². The first-order valence-corrected chi connectivity index (χ1v) is 8.38. The number of halogens is 1. The van der Waals surface area contributed by atoms with Crippen LogP contribution in [0.4, 0.5) is 0 Å². The average molecular weight is 342 g/mol. The molecule has 0 spiro atoms. The van der Waals surface area contributed by atoms with E-state index >= 15 is 0 Å². The summed E-state index contributed by atoms with van der Waals surface area (Å²) in [6.07, 6.45) is 5.31. The van der Waals surface area contributed by atoms with Crippen LogP contribution in [-0.2, 0) is 0 Å². The number of carbonyl (C=O) groups is 1. The molecule has 1 atom stereocenters. The van der Waals surface area contributed by atoms with Gasteiger partial charge in [-0.2, -0.15) is 0 Å². The van der Waals surface area contributed by atoms with E-state index in [-0.39, 0.29) is 11.3 Å². The standard InChI is InChI=1S/C17H12ClN3OS/c18-13-4-3-11-5-7-21(15(11)8-13)17(22)14-10-23-16(20-14)12-2-1-6-19-9-12/h1-10,16,20H. The topological polar surface area (TPSA) is 46.9 Å². The number of allylic oxidation sites excluding steroid dienone is 1. The lowest BCUT2D eigenvalue weighted by Gasteiger charge is -2.12. The molecule has 0 saturated heterocycles. The van der Waals surface area contributed by atoms with Crippen LogP contribution in [0.2, 0.25) is 5.02 Å². The van der Waals surface area contributed by atoms with Gasteiger partial charge in [0.15, 0.2) is 0 Å². The van der Waals surface area contributed by atoms with Crippen molar-refractivity contribution in [2.75, 3.05) is 0 Å². The van der Waals surface area contributed by atoms with Gasteiger partial charge in [-0.25, -0.2) is 0 Å². The van der Waals surface area contributed by atoms with Crippen molar-refractivity contribution in [2.24, 2.45) is 0 Å². The molecule has 0 amide bonds. The van der Waals surface area contributed by atoms with Crippen molar-refractivity contribution in [3.05, 3.63) is 76.7 Å². The Labute approximate surface area is 142 Å². The second-order valence-corrected chi connectivity index (χ2v) is 6.59. The number of nitrogens with zero attached hydrogens (tertiary/aromatic N) is 2. The van der Waals surface area contributed by atoms with Crippen LogP contribution in [0.15, 0.2) is 66.1 Å². The Morgan fingerprint density at radius 1 is 1.30 bits per heavy atom. The first kappa shape index (κ1) is 14.4. The molecule has 2 aromatic heterocycles. The minimum absolute atomic E-state index is 0.00747. The lowest BCUT2D eigenvalue weighted by Crippen LogP contribution is -2.23. The number of benzene rings is 1. The molecule has 0 aliphatic carbocycles. The lowest BCUT2D eigenvalue weighted by molar-refractivity contribution is 0.0952. The maximum Gasteiger partial charge on any atom is 0.279 e. The molecule has 6 heteroatoms. The molecule has 0 radical (unpaired) electrons. The van der Waals surface area contributed by atoms with Gasteiger partial charge in [-0.1, -0.05) is 23.7 Å². The normalized spacial score (nSPS) is 17.1. The molecule has 0 bridgehead atoms. The molecule has 1 aromatic carbocycles. The second kappa shape index (κ2) is 5.76. The van der Waals surface area contributed by atoms with Gasteiger partial charge >= 0.3 is 0 Å². The largest absolute Gasteiger partial charge is 0.364 e. The van der Waals surface area contributed by atoms with Gasteiger partial charge in [-0.15, -0.1) is 11.8 Å². The van der Waals surface area contributed by atoms with E-state index in [0.29, 0.717) is 10.7 Å². The van der Waals surface area contributed by atoms with Crippen LogP contribution in [0, 0.1) is 0 Å². The zero-order chi connectivity index (χ0) is 15.8. The Kier molecular flexibility index (Phi) is 3.59. The molecule has 3 aromatic rings. The van der Waals surface area contributed by atoms with Crippen molar-refractivity contribution in [1.29, 1.82) is 0 Å². The smallest absolute Gasteiger partial charge is 0.279 e. The number of rotatable bonds is 2. The van der Waals surface area contributed by atoms with Gasteiger partial charge in [0.05, 0.1) is 5.52 Å². The fraction of sp³-hybridized carbons (Fsp3) is 0.0588. The van der Waals surface area contributed by atoms with Crippen LogP contribution in [0.5, 0.6) is 0 Å². The highest BCUT2D eigenvalue weighted by Crippen LogP contribution is 2.34. The van der Waals surface area contributed by atoms with Crippen LogP contribution in [0.25, 0.3) is 10.9 Å². The second-order valence-electron chi connectivity index (χ2n) is 5.17. The van der Waals surface area contributed by atoms with Crippen molar-refractivity contribution in [2.45, 2.75) is 5.37 Å². The molecule has 1 aliphatic heterocycles. The number of hydrogen-bond acceptors (Lipinski definition) is 4. The van der Waals surface area contributed by atoms with E-state index in [2.05, 4.69) is 10.3 Å². The maximum absolute atomic E-state index is 12.8.